The molecule has 33 heavy (non-hydrogen) atoms. The number of carbonyl (C=O) groups is 1. The van der Waals surface area contributed by atoms with Crippen LogP contribution in [0.2, 0.25) is 15.1 Å². The smallest absolute Gasteiger partial charge is 0.236 e. The third-order valence-corrected chi connectivity index (χ3v) is 6.98. The summed E-state index contributed by atoms with van der Waals surface area (Å²) in [6.45, 7) is 1.87. The van der Waals surface area contributed by atoms with Gasteiger partial charge in [-0.25, -0.2) is 0 Å². The number of nitrogens with one attached hydrogen (secondary N) is 2. The van der Waals surface area contributed by atoms with Crippen molar-refractivity contribution in [2.24, 2.45) is 5.92 Å². The molecule has 0 saturated carbocycles. The lowest BCUT2D eigenvalue weighted by molar-refractivity contribution is -0.130. The van der Waals surface area contributed by atoms with E-state index in [1.165, 1.54) is 0 Å². The van der Waals surface area contributed by atoms with Gasteiger partial charge in [0, 0.05) is 32.0 Å². The van der Waals surface area contributed by atoms with Crippen LogP contribution in [0.5, 0.6) is 5.75 Å². The number of amides is 1. The van der Waals surface area contributed by atoms with E-state index in [1.807, 2.05) is 30.0 Å². The summed E-state index contributed by atoms with van der Waals surface area (Å²) in [5.41, 5.74) is 1.02. The molecule has 0 aromatic heterocycles. The number of hydrogen-bond donors (Lipinski definition) is 2. The molecule has 9 heteroatoms. The summed E-state index contributed by atoms with van der Waals surface area (Å²) in [4.78, 5) is 15.5. The van der Waals surface area contributed by atoms with Crippen molar-refractivity contribution in [2.75, 3.05) is 10.2 Å². The zero-order chi connectivity index (χ0) is 23.3. The maximum Gasteiger partial charge on any atom is 0.236 e. The summed E-state index contributed by atoms with van der Waals surface area (Å²) in [7, 11) is 0. The second kappa shape index (κ2) is 8.37. The summed E-state index contributed by atoms with van der Waals surface area (Å²) >= 11 is 24.1. The first kappa shape index (κ1) is 22.3. The topological polar surface area (TPSA) is 53.6 Å². The Balaban J connectivity index is 1.62. The second-order valence-corrected chi connectivity index (χ2v) is 9.75. The number of thiocarbonyl (C=S) groups is 1. The molecule has 2 aliphatic rings. The number of halogens is 3. The minimum Gasteiger partial charge on any atom is -0.467 e. The minimum absolute atomic E-state index is 0.232. The maximum atomic E-state index is 13.7. The van der Waals surface area contributed by atoms with Crippen molar-refractivity contribution in [3.8, 4) is 5.75 Å². The highest BCUT2D eigenvalue weighted by Crippen LogP contribution is 2.50. The molecule has 0 spiro atoms. The molecule has 5 rings (SSSR count). The van der Waals surface area contributed by atoms with Gasteiger partial charge in [0.1, 0.15) is 11.7 Å². The van der Waals surface area contributed by atoms with Crippen LogP contribution < -0.4 is 20.3 Å². The SMILES string of the molecule is C[C@@]12Oc3ccc(Cl)cc3[C@@H](NC(=S)N1c1ccc(Cl)cc1)[C@@H]2C(=O)Nc1ccc(Cl)cc1. The summed E-state index contributed by atoms with van der Waals surface area (Å²) in [5.74, 6) is -0.276. The van der Waals surface area contributed by atoms with E-state index in [0.717, 1.165) is 11.3 Å². The quantitative estimate of drug-likeness (QED) is 0.391. The van der Waals surface area contributed by atoms with Gasteiger partial charge >= 0.3 is 0 Å². The standard InChI is InChI=1S/C24H18Cl3N3O2S/c1-24-20(22(31)28-16-7-2-13(25)3-8-16)21(18-12-15(27)6-11-19(18)32-24)29-23(33)30(24)17-9-4-14(26)5-10-17/h2-12,20-21H,1H3,(H,28,31)(H,29,33)/t20-,21-,24+/m1/s1. The minimum atomic E-state index is -1.13. The highest BCUT2D eigenvalue weighted by atomic mass is 35.5. The van der Waals surface area contributed by atoms with Gasteiger partial charge in [-0.1, -0.05) is 34.8 Å². The molecule has 0 radical (unpaired) electrons. The first-order chi connectivity index (χ1) is 15.8. The van der Waals surface area contributed by atoms with Gasteiger partial charge in [0.05, 0.1) is 6.04 Å². The number of nitrogens with zero attached hydrogens (tertiary/aromatic N) is 1. The fourth-order valence-corrected chi connectivity index (χ4v) is 5.33. The molecule has 3 aromatic carbocycles. The second-order valence-electron chi connectivity index (χ2n) is 8.05. The molecule has 5 nitrogen and oxygen atoms in total. The monoisotopic (exact) mass is 517 g/mol. The van der Waals surface area contributed by atoms with Gasteiger partial charge < -0.3 is 15.4 Å². The van der Waals surface area contributed by atoms with Crippen LogP contribution in [-0.4, -0.2) is 16.7 Å². The van der Waals surface area contributed by atoms with E-state index in [2.05, 4.69) is 10.6 Å². The largest absolute Gasteiger partial charge is 0.467 e. The Labute approximate surface area is 211 Å². The first-order valence-electron chi connectivity index (χ1n) is 10.2. The molecule has 2 aliphatic heterocycles. The summed E-state index contributed by atoms with van der Waals surface area (Å²) in [5, 5.41) is 8.51. The predicted octanol–water partition coefficient (Wildman–Crippen LogP) is 6.45. The normalized spacial score (nSPS) is 23.3. The van der Waals surface area contributed by atoms with Crippen LogP contribution in [0.25, 0.3) is 0 Å². The van der Waals surface area contributed by atoms with Gasteiger partial charge in [-0.15, -0.1) is 0 Å². The van der Waals surface area contributed by atoms with E-state index in [9.17, 15) is 4.79 Å². The Morgan fingerprint density at radius 1 is 1.00 bits per heavy atom. The molecule has 168 valence electrons. The predicted molar refractivity (Wildman–Crippen MR) is 136 cm³/mol. The number of benzene rings is 3. The molecular formula is C24H18Cl3N3O2S. The number of rotatable bonds is 3. The van der Waals surface area contributed by atoms with E-state index in [0.29, 0.717) is 31.6 Å². The van der Waals surface area contributed by atoms with Gasteiger partial charge in [-0.05, 0) is 85.9 Å². The van der Waals surface area contributed by atoms with Crippen LogP contribution in [0.1, 0.15) is 18.5 Å². The van der Waals surface area contributed by atoms with Crippen LogP contribution in [0, 0.1) is 5.92 Å². The Bertz CT molecular complexity index is 1250. The Morgan fingerprint density at radius 2 is 1.61 bits per heavy atom. The Morgan fingerprint density at radius 3 is 2.27 bits per heavy atom. The molecule has 2 N–H and O–H groups in total. The molecular weight excluding hydrogens is 501 g/mol. The zero-order valence-electron chi connectivity index (χ0n) is 17.3. The third kappa shape index (κ3) is 3.91. The van der Waals surface area contributed by atoms with Crippen molar-refractivity contribution in [3.63, 3.8) is 0 Å². The Kier molecular flexibility index (Phi) is 5.65. The van der Waals surface area contributed by atoms with Crippen LogP contribution >= 0.6 is 47.0 Å². The molecule has 1 fully saturated rings. The fraction of sp³-hybridized carbons (Fsp3) is 0.167. The average Bonchev–Trinajstić information content (AvgIpc) is 2.77. The molecule has 0 aliphatic carbocycles. The number of anilines is 2. The number of hydrogen-bond acceptors (Lipinski definition) is 3. The average molecular weight is 519 g/mol. The van der Waals surface area contributed by atoms with Crippen LogP contribution in [0.3, 0.4) is 0 Å². The zero-order valence-corrected chi connectivity index (χ0v) is 20.4. The fourth-order valence-electron chi connectivity index (χ4n) is 4.49. The van der Waals surface area contributed by atoms with E-state index < -0.39 is 17.7 Å². The van der Waals surface area contributed by atoms with E-state index in [4.69, 9.17) is 51.8 Å². The van der Waals surface area contributed by atoms with Crippen molar-refractivity contribution < 1.29 is 9.53 Å². The van der Waals surface area contributed by atoms with Crippen LogP contribution in [0.15, 0.2) is 66.7 Å². The van der Waals surface area contributed by atoms with Gasteiger partial charge in [0.2, 0.25) is 5.91 Å². The van der Waals surface area contributed by atoms with Gasteiger partial charge in [-0.3, -0.25) is 9.69 Å². The van der Waals surface area contributed by atoms with Crippen molar-refractivity contribution in [1.29, 1.82) is 0 Å². The lowest BCUT2D eigenvalue weighted by atomic mass is 9.78. The maximum absolute atomic E-state index is 13.7. The summed E-state index contributed by atoms with van der Waals surface area (Å²) in [6.07, 6.45) is 0. The van der Waals surface area contributed by atoms with Gasteiger partial charge in [-0.2, -0.15) is 0 Å². The molecule has 1 saturated heterocycles. The molecule has 2 bridgehead atoms. The molecule has 2 heterocycles. The third-order valence-electron chi connectivity index (χ3n) is 5.94. The van der Waals surface area contributed by atoms with E-state index in [1.54, 1.807) is 48.5 Å². The van der Waals surface area contributed by atoms with Gasteiger partial charge in [0.25, 0.3) is 0 Å². The van der Waals surface area contributed by atoms with Gasteiger partial charge in [0.15, 0.2) is 10.8 Å². The van der Waals surface area contributed by atoms with Crippen molar-refractivity contribution in [2.45, 2.75) is 18.7 Å². The highest BCUT2D eigenvalue weighted by molar-refractivity contribution is 7.80. The van der Waals surface area contributed by atoms with Crippen LogP contribution in [-0.2, 0) is 4.79 Å². The molecule has 0 unspecified atom stereocenters. The van der Waals surface area contributed by atoms with Crippen molar-refractivity contribution in [1.82, 2.24) is 5.32 Å². The van der Waals surface area contributed by atoms with Crippen molar-refractivity contribution >= 4 is 69.4 Å². The van der Waals surface area contributed by atoms with E-state index >= 15 is 0 Å². The number of fused-ring (bicyclic) bond motifs is 4. The molecule has 1 amide bonds. The lowest BCUT2D eigenvalue weighted by Crippen LogP contribution is -2.72. The first-order valence-corrected chi connectivity index (χ1v) is 11.7. The molecule has 3 aromatic rings. The lowest BCUT2D eigenvalue weighted by Gasteiger charge is -2.56. The van der Waals surface area contributed by atoms with Crippen LogP contribution in [0.4, 0.5) is 11.4 Å². The summed E-state index contributed by atoms with van der Waals surface area (Å²) in [6, 6.07) is 19.1. The number of ether oxygens (including phenoxy) is 1. The van der Waals surface area contributed by atoms with E-state index in [-0.39, 0.29) is 5.91 Å². The molecule has 3 atom stereocenters. The number of carbonyl (C=O) groups excluding carboxylic acids is 1. The van der Waals surface area contributed by atoms with Crippen molar-refractivity contribution in [3.05, 3.63) is 87.4 Å². The highest BCUT2D eigenvalue weighted by Gasteiger charge is 2.59. The summed E-state index contributed by atoms with van der Waals surface area (Å²) < 4.78 is 6.53. The Hall–Kier alpha value is -2.51.